The summed E-state index contributed by atoms with van der Waals surface area (Å²) in [6.45, 7) is 9.34. The Labute approximate surface area is 110 Å². The van der Waals surface area contributed by atoms with E-state index in [1.54, 1.807) is 0 Å². The standard InChI is InChI=1S/C14H26O4/c1-11(10-18-13(15)14(2,3)4)9-17-12-7-5-6-8-16-12/h11-12H,5-10H2,1-4H3. The van der Waals surface area contributed by atoms with Gasteiger partial charge in [0.1, 0.15) is 0 Å². The molecule has 0 aromatic heterocycles. The lowest BCUT2D eigenvalue weighted by atomic mass is 9.97. The number of hydrogen-bond donors (Lipinski definition) is 0. The maximum Gasteiger partial charge on any atom is 0.311 e. The highest BCUT2D eigenvalue weighted by Gasteiger charge is 2.24. The molecule has 0 aromatic rings. The lowest BCUT2D eigenvalue weighted by molar-refractivity contribution is -0.173. The highest BCUT2D eigenvalue weighted by atomic mass is 16.7. The van der Waals surface area contributed by atoms with Crippen molar-refractivity contribution in [2.75, 3.05) is 19.8 Å². The summed E-state index contributed by atoms with van der Waals surface area (Å²) in [5.41, 5.74) is -0.437. The van der Waals surface area contributed by atoms with Gasteiger partial charge < -0.3 is 14.2 Å². The predicted octanol–water partition coefficient (Wildman–Crippen LogP) is 2.76. The second kappa shape index (κ2) is 7.10. The highest BCUT2D eigenvalue weighted by Crippen LogP contribution is 2.17. The van der Waals surface area contributed by atoms with E-state index >= 15 is 0 Å². The molecule has 0 aliphatic carbocycles. The van der Waals surface area contributed by atoms with Gasteiger partial charge in [0, 0.05) is 12.5 Å². The zero-order valence-electron chi connectivity index (χ0n) is 12.0. The number of hydrogen-bond acceptors (Lipinski definition) is 4. The van der Waals surface area contributed by atoms with Crippen LogP contribution in [0, 0.1) is 11.3 Å². The predicted molar refractivity (Wildman–Crippen MR) is 69.1 cm³/mol. The molecular formula is C14H26O4. The maximum absolute atomic E-state index is 11.6. The number of rotatable bonds is 5. The fourth-order valence-electron chi connectivity index (χ4n) is 1.60. The molecule has 1 aliphatic rings. The molecule has 1 heterocycles. The van der Waals surface area contributed by atoms with Crippen molar-refractivity contribution in [1.29, 1.82) is 0 Å². The van der Waals surface area contributed by atoms with Gasteiger partial charge in [0.25, 0.3) is 0 Å². The third-order valence-electron chi connectivity index (χ3n) is 2.82. The minimum Gasteiger partial charge on any atom is -0.465 e. The molecule has 1 fully saturated rings. The Kier molecular flexibility index (Phi) is 6.09. The summed E-state index contributed by atoms with van der Waals surface area (Å²) in [6, 6.07) is 0. The molecule has 1 aliphatic heterocycles. The molecule has 0 amide bonds. The van der Waals surface area contributed by atoms with E-state index in [1.807, 2.05) is 27.7 Å². The average Bonchev–Trinajstić information content (AvgIpc) is 2.33. The van der Waals surface area contributed by atoms with Crippen LogP contribution in [0.1, 0.15) is 47.0 Å². The first-order valence-corrected chi connectivity index (χ1v) is 6.80. The van der Waals surface area contributed by atoms with E-state index < -0.39 is 5.41 Å². The van der Waals surface area contributed by atoms with E-state index in [1.165, 1.54) is 0 Å². The van der Waals surface area contributed by atoms with Crippen LogP contribution in [0.5, 0.6) is 0 Å². The molecule has 0 N–H and O–H groups in total. The molecule has 106 valence electrons. The van der Waals surface area contributed by atoms with Gasteiger partial charge in [-0.3, -0.25) is 4.79 Å². The number of ether oxygens (including phenoxy) is 3. The lowest BCUT2D eigenvalue weighted by Crippen LogP contribution is -2.28. The first-order valence-electron chi connectivity index (χ1n) is 6.80. The third-order valence-corrected chi connectivity index (χ3v) is 2.82. The van der Waals surface area contributed by atoms with Crippen molar-refractivity contribution in [2.24, 2.45) is 11.3 Å². The Balaban J connectivity index is 2.13. The van der Waals surface area contributed by atoms with E-state index in [2.05, 4.69) is 0 Å². The van der Waals surface area contributed by atoms with Crippen LogP contribution in [0.2, 0.25) is 0 Å². The van der Waals surface area contributed by atoms with Crippen LogP contribution in [-0.2, 0) is 19.0 Å². The van der Waals surface area contributed by atoms with E-state index in [0.717, 1.165) is 25.9 Å². The van der Waals surface area contributed by atoms with E-state index in [9.17, 15) is 4.79 Å². The third kappa shape index (κ3) is 5.83. The minimum atomic E-state index is -0.437. The topological polar surface area (TPSA) is 44.8 Å². The van der Waals surface area contributed by atoms with Crippen molar-refractivity contribution in [3.05, 3.63) is 0 Å². The molecule has 1 rings (SSSR count). The van der Waals surface area contributed by atoms with Crippen molar-refractivity contribution in [1.82, 2.24) is 0 Å². The molecule has 2 unspecified atom stereocenters. The Hall–Kier alpha value is -0.610. The fraction of sp³-hybridized carbons (Fsp3) is 0.929. The summed E-state index contributed by atoms with van der Waals surface area (Å²) in [7, 11) is 0. The molecule has 2 atom stereocenters. The first kappa shape index (κ1) is 15.4. The second-order valence-corrected chi connectivity index (χ2v) is 6.08. The fourth-order valence-corrected chi connectivity index (χ4v) is 1.60. The monoisotopic (exact) mass is 258 g/mol. The minimum absolute atomic E-state index is 0.0699. The van der Waals surface area contributed by atoms with E-state index in [-0.39, 0.29) is 18.2 Å². The Morgan fingerprint density at radius 3 is 2.61 bits per heavy atom. The van der Waals surface area contributed by atoms with Crippen molar-refractivity contribution >= 4 is 5.97 Å². The summed E-state index contributed by atoms with van der Waals surface area (Å²) < 4.78 is 16.4. The maximum atomic E-state index is 11.6. The summed E-state index contributed by atoms with van der Waals surface area (Å²) in [4.78, 5) is 11.6. The Bertz CT molecular complexity index is 251. The van der Waals surface area contributed by atoms with E-state index in [0.29, 0.717) is 13.2 Å². The molecule has 0 aromatic carbocycles. The van der Waals surface area contributed by atoms with Crippen molar-refractivity contribution in [3.63, 3.8) is 0 Å². The summed E-state index contributed by atoms with van der Waals surface area (Å²) in [6.07, 6.45) is 3.19. The average molecular weight is 258 g/mol. The zero-order chi connectivity index (χ0) is 13.6. The smallest absolute Gasteiger partial charge is 0.311 e. The second-order valence-electron chi connectivity index (χ2n) is 6.08. The molecule has 1 saturated heterocycles. The summed E-state index contributed by atoms with van der Waals surface area (Å²) in [5, 5.41) is 0. The van der Waals surface area contributed by atoms with Crippen LogP contribution >= 0.6 is 0 Å². The normalized spacial score (nSPS) is 22.6. The molecule has 0 spiro atoms. The molecule has 4 heteroatoms. The highest BCUT2D eigenvalue weighted by molar-refractivity contribution is 5.75. The lowest BCUT2D eigenvalue weighted by Gasteiger charge is -2.24. The SMILES string of the molecule is CC(COC(=O)C(C)(C)C)COC1CCCCO1. The van der Waals surface area contributed by atoms with Gasteiger partial charge in [0.15, 0.2) is 6.29 Å². The molecule has 4 nitrogen and oxygen atoms in total. The number of esters is 1. The van der Waals surface area contributed by atoms with Crippen molar-refractivity contribution < 1.29 is 19.0 Å². The van der Waals surface area contributed by atoms with Crippen LogP contribution in [0.3, 0.4) is 0 Å². The molecule has 0 bridgehead atoms. The van der Waals surface area contributed by atoms with Crippen LogP contribution in [-0.4, -0.2) is 32.1 Å². The van der Waals surface area contributed by atoms with Crippen molar-refractivity contribution in [2.45, 2.75) is 53.2 Å². The number of carbonyl (C=O) groups is 1. The van der Waals surface area contributed by atoms with Crippen LogP contribution < -0.4 is 0 Å². The molecular weight excluding hydrogens is 232 g/mol. The largest absolute Gasteiger partial charge is 0.465 e. The Morgan fingerprint density at radius 2 is 2.06 bits per heavy atom. The van der Waals surface area contributed by atoms with Gasteiger partial charge in [0.05, 0.1) is 18.6 Å². The van der Waals surface area contributed by atoms with Crippen LogP contribution in [0.4, 0.5) is 0 Å². The summed E-state index contributed by atoms with van der Waals surface area (Å²) >= 11 is 0. The van der Waals surface area contributed by atoms with Gasteiger partial charge in [-0.05, 0) is 40.0 Å². The van der Waals surface area contributed by atoms with Gasteiger partial charge >= 0.3 is 5.97 Å². The van der Waals surface area contributed by atoms with Crippen LogP contribution in [0.15, 0.2) is 0 Å². The number of carbonyl (C=O) groups excluding carboxylic acids is 1. The van der Waals surface area contributed by atoms with Gasteiger partial charge in [0.2, 0.25) is 0 Å². The zero-order valence-corrected chi connectivity index (χ0v) is 12.0. The molecule has 18 heavy (non-hydrogen) atoms. The van der Waals surface area contributed by atoms with Gasteiger partial charge in [-0.2, -0.15) is 0 Å². The van der Waals surface area contributed by atoms with E-state index in [4.69, 9.17) is 14.2 Å². The molecule has 0 radical (unpaired) electrons. The first-order chi connectivity index (χ1) is 8.39. The summed E-state index contributed by atoms with van der Waals surface area (Å²) in [5.74, 6) is 0.0325. The molecule has 0 saturated carbocycles. The van der Waals surface area contributed by atoms with Gasteiger partial charge in [-0.25, -0.2) is 0 Å². The van der Waals surface area contributed by atoms with Crippen LogP contribution in [0.25, 0.3) is 0 Å². The van der Waals surface area contributed by atoms with Crippen molar-refractivity contribution in [3.8, 4) is 0 Å². The van der Waals surface area contributed by atoms with Gasteiger partial charge in [-0.15, -0.1) is 0 Å². The quantitative estimate of drug-likeness (QED) is 0.711. The Morgan fingerprint density at radius 1 is 1.33 bits per heavy atom. The van der Waals surface area contributed by atoms with Gasteiger partial charge in [-0.1, -0.05) is 6.92 Å².